The number of imidazole rings is 1. The number of hydrogen-bond donors (Lipinski definition) is 0. The highest BCUT2D eigenvalue weighted by atomic mass is 16.7. The number of rotatable bonds is 13. The van der Waals surface area contributed by atoms with Crippen LogP contribution in [0.5, 0.6) is 17.2 Å². The molecule has 0 fully saturated rings. The molecule has 0 aliphatic carbocycles. The third-order valence-corrected chi connectivity index (χ3v) is 7.25. The lowest BCUT2D eigenvalue weighted by Gasteiger charge is -2.24. The first-order valence-corrected chi connectivity index (χ1v) is 14.1. The molecule has 6 nitrogen and oxygen atoms in total. The van der Waals surface area contributed by atoms with E-state index in [2.05, 4.69) is 77.9 Å². The SMILES string of the molecule is CCCCN(Cc1ccc2c(c1)OCO2)Cc1c(-c2ccccc2)nc(-c2ccccc2OC)n1CCCC. The molecule has 0 radical (unpaired) electrons. The minimum Gasteiger partial charge on any atom is -0.496 e. The van der Waals surface area contributed by atoms with Crippen LogP contribution in [0.25, 0.3) is 22.6 Å². The number of para-hydroxylation sites is 1. The summed E-state index contributed by atoms with van der Waals surface area (Å²) in [6.07, 6.45) is 4.47. The summed E-state index contributed by atoms with van der Waals surface area (Å²) in [6, 6.07) is 25.1. The zero-order chi connectivity index (χ0) is 27.0. The maximum atomic E-state index is 5.78. The molecule has 0 saturated heterocycles. The second kappa shape index (κ2) is 12.9. The highest BCUT2D eigenvalue weighted by Gasteiger charge is 2.24. The van der Waals surface area contributed by atoms with Crippen LogP contribution in [0.1, 0.15) is 50.8 Å². The summed E-state index contributed by atoms with van der Waals surface area (Å²) in [5, 5.41) is 0. The van der Waals surface area contributed by atoms with E-state index in [9.17, 15) is 0 Å². The molecular formula is C33H39N3O3. The second-order valence-corrected chi connectivity index (χ2v) is 10.1. The highest BCUT2D eigenvalue weighted by Crippen LogP contribution is 2.36. The van der Waals surface area contributed by atoms with Crippen LogP contribution in [0.3, 0.4) is 0 Å². The standard InChI is InChI=1S/C33H39N3O3/c1-4-6-19-35(22-25-17-18-30-31(21-25)39-24-38-30)23-28-32(26-13-9-8-10-14-26)34-33(36(28)20-7-5-2)27-15-11-12-16-29(27)37-3/h8-18,21H,4-7,19-20,22-24H2,1-3H3. The van der Waals surface area contributed by atoms with Crippen LogP contribution in [0.2, 0.25) is 0 Å². The van der Waals surface area contributed by atoms with Crippen LogP contribution >= 0.6 is 0 Å². The van der Waals surface area contributed by atoms with Gasteiger partial charge in [0, 0.05) is 25.2 Å². The monoisotopic (exact) mass is 525 g/mol. The predicted molar refractivity (Wildman–Crippen MR) is 156 cm³/mol. The molecule has 2 heterocycles. The van der Waals surface area contributed by atoms with Crippen LogP contribution in [0, 0.1) is 0 Å². The van der Waals surface area contributed by atoms with Gasteiger partial charge >= 0.3 is 0 Å². The molecule has 0 bridgehead atoms. The van der Waals surface area contributed by atoms with Crippen molar-refractivity contribution in [3.05, 3.63) is 84.1 Å². The highest BCUT2D eigenvalue weighted by molar-refractivity contribution is 5.71. The third-order valence-electron chi connectivity index (χ3n) is 7.25. The average molecular weight is 526 g/mol. The molecule has 4 aromatic rings. The number of aromatic nitrogens is 2. The lowest BCUT2D eigenvalue weighted by atomic mass is 10.1. The lowest BCUT2D eigenvalue weighted by Crippen LogP contribution is -2.26. The number of methoxy groups -OCH3 is 1. The van der Waals surface area contributed by atoms with Gasteiger partial charge in [-0.2, -0.15) is 0 Å². The van der Waals surface area contributed by atoms with E-state index in [1.165, 1.54) is 11.3 Å². The number of fused-ring (bicyclic) bond motifs is 1. The molecule has 3 aromatic carbocycles. The fourth-order valence-electron chi connectivity index (χ4n) is 5.17. The van der Waals surface area contributed by atoms with Gasteiger partial charge in [-0.1, -0.05) is 75.2 Å². The third kappa shape index (κ3) is 6.12. The van der Waals surface area contributed by atoms with Crippen molar-refractivity contribution in [1.29, 1.82) is 0 Å². The Labute approximate surface area is 232 Å². The van der Waals surface area contributed by atoms with E-state index >= 15 is 0 Å². The number of nitrogens with zero attached hydrogens (tertiary/aromatic N) is 3. The number of benzene rings is 3. The maximum absolute atomic E-state index is 5.78. The largest absolute Gasteiger partial charge is 0.496 e. The fourth-order valence-corrected chi connectivity index (χ4v) is 5.17. The summed E-state index contributed by atoms with van der Waals surface area (Å²) < 4.78 is 19.4. The molecule has 1 aliphatic heterocycles. The first-order valence-electron chi connectivity index (χ1n) is 14.1. The van der Waals surface area contributed by atoms with Gasteiger partial charge in [0.2, 0.25) is 6.79 Å². The number of ether oxygens (including phenoxy) is 3. The summed E-state index contributed by atoms with van der Waals surface area (Å²) >= 11 is 0. The van der Waals surface area contributed by atoms with Crippen LogP contribution < -0.4 is 14.2 Å². The van der Waals surface area contributed by atoms with Gasteiger partial charge in [0.15, 0.2) is 11.5 Å². The molecular weight excluding hydrogens is 486 g/mol. The van der Waals surface area contributed by atoms with E-state index in [4.69, 9.17) is 19.2 Å². The van der Waals surface area contributed by atoms with Gasteiger partial charge in [0.1, 0.15) is 11.6 Å². The molecule has 5 rings (SSSR count). The van der Waals surface area contributed by atoms with Crippen molar-refractivity contribution in [2.45, 2.75) is 59.2 Å². The molecule has 0 atom stereocenters. The molecule has 39 heavy (non-hydrogen) atoms. The number of unbranched alkanes of at least 4 members (excludes halogenated alkanes) is 2. The van der Waals surface area contributed by atoms with E-state index in [0.29, 0.717) is 6.79 Å². The molecule has 1 aliphatic rings. The van der Waals surface area contributed by atoms with E-state index in [1.807, 2.05) is 18.2 Å². The van der Waals surface area contributed by atoms with Crippen molar-refractivity contribution in [2.75, 3.05) is 20.4 Å². The smallest absolute Gasteiger partial charge is 0.231 e. The predicted octanol–water partition coefficient (Wildman–Crippen LogP) is 7.56. The Hall–Kier alpha value is -3.77. The summed E-state index contributed by atoms with van der Waals surface area (Å²) in [5.41, 5.74) is 5.67. The van der Waals surface area contributed by atoms with Gasteiger partial charge in [-0.05, 0) is 49.2 Å². The zero-order valence-electron chi connectivity index (χ0n) is 23.4. The van der Waals surface area contributed by atoms with Crippen molar-refractivity contribution < 1.29 is 14.2 Å². The first-order chi connectivity index (χ1) is 19.2. The zero-order valence-corrected chi connectivity index (χ0v) is 23.4. The minimum atomic E-state index is 0.293. The van der Waals surface area contributed by atoms with Gasteiger partial charge in [-0.15, -0.1) is 0 Å². The molecule has 0 unspecified atom stereocenters. The van der Waals surface area contributed by atoms with Gasteiger partial charge in [0.05, 0.1) is 24.1 Å². The van der Waals surface area contributed by atoms with Crippen molar-refractivity contribution >= 4 is 0 Å². The number of hydrogen-bond acceptors (Lipinski definition) is 5. The van der Waals surface area contributed by atoms with Gasteiger partial charge in [-0.3, -0.25) is 4.90 Å². The average Bonchev–Trinajstić information content (AvgIpc) is 3.59. The van der Waals surface area contributed by atoms with Crippen molar-refractivity contribution in [2.24, 2.45) is 0 Å². The Bertz CT molecular complexity index is 1370. The molecule has 0 saturated carbocycles. The van der Waals surface area contributed by atoms with Gasteiger partial charge in [0.25, 0.3) is 0 Å². The van der Waals surface area contributed by atoms with E-state index in [-0.39, 0.29) is 0 Å². The van der Waals surface area contributed by atoms with Crippen molar-refractivity contribution in [1.82, 2.24) is 14.5 Å². The Balaban J connectivity index is 1.59. The second-order valence-electron chi connectivity index (χ2n) is 10.1. The Kier molecular flexibility index (Phi) is 8.84. The lowest BCUT2D eigenvalue weighted by molar-refractivity contribution is 0.174. The fraction of sp³-hybridized carbons (Fsp3) is 0.364. The summed E-state index contributed by atoms with van der Waals surface area (Å²) in [5.74, 6) is 3.46. The van der Waals surface area contributed by atoms with Gasteiger partial charge in [-0.25, -0.2) is 4.98 Å². The Morgan fingerprint density at radius 2 is 1.64 bits per heavy atom. The van der Waals surface area contributed by atoms with Crippen LogP contribution in [-0.4, -0.2) is 34.9 Å². The van der Waals surface area contributed by atoms with Crippen LogP contribution in [0.4, 0.5) is 0 Å². The van der Waals surface area contributed by atoms with E-state index in [1.54, 1.807) is 7.11 Å². The molecule has 0 N–H and O–H groups in total. The van der Waals surface area contributed by atoms with E-state index in [0.717, 1.165) is 91.8 Å². The van der Waals surface area contributed by atoms with Crippen LogP contribution in [0.15, 0.2) is 72.8 Å². The first kappa shape index (κ1) is 26.8. The summed E-state index contributed by atoms with van der Waals surface area (Å²) in [7, 11) is 1.73. The quantitative estimate of drug-likeness (QED) is 0.180. The van der Waals surface area contributed by atoms with Crippen molar-refractivity contribution in [3.8, 4) is 39.9 Å². The molecule has 0 amide bonds. The Morgan fingerprint density at radius 1 is 0.872 bits per heavy atom. The molecule has 1 aromatic heterocycles. The minimum absolute atomic E-state index is 0.293. The topological polar surface area (TPSA) is 48.8 Å². The molecule has 204 valence electrons. The Morgan fingerprint density at radius 3 is 2.44 bits per heavy atom. The van der Waals surface area contributed by atoms with E-state index < -0.39 is 0 Å². The summed E-state index contributed by atoms with van der Waals surface area (Å²) in [6.45, 7) is 8.32. The van der Waals surface area contributed by atoms with Crippen molar-refractivity contribution in [3.63, 3.8) is 0 Å². The van der Waals surface area contributed by atoms with Gasteiger partial charge < -0.3 is 18.8 Å². The normalized spacial score (nSPS) is 12.3. The summed E-state index contributed by atoms with van der Waals surface area (Å²) in [4.78, 5) is 7.86. The molecule has 0 spiro atoms. The maximum Gasteiger partial charge on any atom is 0.231 e. The molecule has 6 heteroatoms. The van der Waals surface area contributed by atoms with Crippen LogP contribution in [-0.2, 0) is 19.6 Å².